The van der Waals surface area contributed by atoms with E-state index in [0.717, 1.165) is 12.1 Å². The van der Waals surface area contributed by atoms with Crippen molar-refractivity contribution in [3.63, 3.8) is 0 Å². The van der Waals surface area contributed by atoms with Gasteiger partial charge in [-0.1, -0.05) is 0 Å². The van der Waals surface area contributed by atoms with Crippen LogP contribution in [0.15, 0.2) is 18.3 Å². The number of hydrogen-bond acceptors (Lipinski definition) is 4. The highest BCUT2D eigenvalue weighted by Gasteiger charge is 2.02. The Morgan fingerprint density at radius 3 is 2.87 bits per heavy atom. The summed E-state index contributed by atoms with van der Waals surface area (Å²) in [6.07, 6.45) is 2.62. The fourth-order valence-electron chi connectivity index (χ4n) is 1.10. The summed E-state index contributed by atoms with van der Waals surface area (Å²) in [4.78, 5) is 15.4. The molecule has 5 nitrogen and oxygen atoms in total. The van der Waals surface area contributed by atoms with Gasteiger partial charge >= 0.3 is 0 Å². The molecule has 0 aliphatic rings. The highest BCUT2D eigenvalue weighted by atomic mass is 16.1. The molecule has 5 heteroatoms. The number of aromatic nitrogens is 1. The van der Waals surface area contributed by atoms with E-state index in [1.54, 1.807) is 18.3 Å². The molecule has 82 valence electrons. The molecular formula is C10H16N4O. The van der Waals surface area contributed by atoms with Crippen molar-refractivity contribution in [3.05, 3.63) is 24.0 Å². The van der Waals surface area contributed by atoms with Gasteiger partial charge in [-0.25, -0.2) is 0 Å². The predicted octanol–water partition coefficient (Wildman–Crippen LogP) is -0.329. The zero-order valence-electron chi connectivity index (χ0n) is 8.57. The first-order valence-electron chi connectivity index (χ1n) is 4.89. The average molecular weight is 208 g/mol. The molecule has 1 amide bonds. The normalized spacial score (nSPS) is 9.93. The lowest BCUT2D eigenvalue weighted by Gasteiger charge is -2.03. The molecule has 0 saturated carbocycles. The number of rotatable bonds is 5. The summed E-state index contributed by atoms with van der Waals surface area (Å²) >= 11 is 0. The van der Waals surface area contributed by atoms with Crippen molar-refractivity contribution in [2.45, 2.75) is 12.8 Å². The lowest BCUT2D eigenvalue weighted by atomic mass is 10.2. The van der Waals surface area contributed by atoms with Crippen LogP contribution in [-0.2, 0) is 11.2 Å². The third-order valence-corrected chi connectivity index (χ3v) is 1.89. The highest BCUT2D eigenvalue weighted by Crippen LogP contribution is 2.01. The van der Waals surface area contributed by atoms with Gasteiger partial charge in [0.2, 0.25) is 5.91 Å². The molecular weight excluding hydrogens is 192 g/mol. The summed E-state index contributed by atoms with van der Waals surface area (Å²) in [5.74, 6) is -0.0410. The Balaban J connectivity index is 2.34. The number of nitrogens with two attached hydrogens (primary N) is 2. The maximum atomic E-state index is 11.3. The van der Waals surface area contributed by atoms with Crippen LogP contribution in [-0.4, -0.2) is 24.0 Å². The van der Waals surface area contributed by atoms with E-state index < -0.39 is 0 Å². The summed E-state index contributed by atoms with van der Waals surface area (Å²) in [7, 11) is 0. The summed E-state index contributed by atoms with van der Waals surface area (Å²) in [5, 5.41) is 2.76. The van der Waals surface area contributed by atoms with E-state index in [1.807, 2.05) is 0 Å². The SMILES string of the molecule is NCCCNC(=O)Cc1ccc(N)cn1. The van der Waals surface area contributed by atoms with Crippen LogP contribution in [0.2, 0.25) is 0 Å². The van der Waals surface area contributed by atoms with E-state index in [1.165, 1.54) is 0 Å². The van der Waals surface area contributed by atoms with E-state index >= 15 is 0 Å². The van der Waals surface area contributed by atoms with E-state index in [2.05, 4.69) is 10.3 Å². The molecule has 0 aliphatic heterocycles. The number of pyridine rings is 1. The smallest absolute Gasteiger partial charge is 0.226 e. The molecule has 0 unspecified atom stereocenters. The Kier molecular flexibility index (Phi) is 4.56. The van der Waals surface area contributed by atoms with Gasteiger partial charge in [-0.3, -0.25) is 9.78 Å². The average Bonchev–Trinajstić information content (AvgIpc) is 2.22. The molecule has 0 radical (unpaired) electrons. The number of nitrogen functional groups attached to an aromatic ring is 1. The molecule has 1 aromatic rings. The van der Waals surface area contributed by atoms with Gasteiger partial charge in [0, 0.05) is 12.2 Å². The van der Waals surface area contributed by atoms with Gasteiger partial charge in [-0.2, -0.15) is 0 Å². The predicted molar refractivity (Wildman–Crippen MR) is 59.0 cm³/mol. The number of carbonyl (C=O) groups is 1. The van der Waals surface area contributed by atoms with Crippen LogP contribution in [0.4, 0.5) is 5.69 Å². The minimum absolute atomic E-state index is 0.0410. The summed E-state index contributed by atoms with van der Waals surface area (Å²) in [6.45, 7) is 1.20. The minimum atomic E-state index is -0.0410. The first kappa shape index (κ1) is 11.5. The second-order valence-electron chi connectivity index (χ2n) is 3.25. The van der Waals surface area contributed by atoms with Crippen LogP contribution < -0.4 is 16.8 Å². The Morgan fingerprint density at radius 2 is 2.27 bits per heavy atom. The van der Waals surface area contributed by atoms with Crippen molar-refractivity contribution in [1.82, 2.24) is 10.3 Å². The molecule has 0 spiro atoms. The second-order valence-corrected chi connectivity index (χ2v) is 3.25. The molecule has 5 N–H and O–H groups in total. The summed E-state index contributed by atoms with van der Waals surface area (Å²) in [6, 6.07) is 3.48. The molecule has 1 aromatic heterocycles. The minimum Gasteiger partial charge on any atom is -0.397 e. The van der Waals surface area contributed by atoms with Crippen LogP contribution in [0.25, 0.3) is 0 Å². The largest absolute Gasteiger partial charge is 0.397 e. The fourth-order valence-corrected chi connectivity index (χ4v) is 1.10. The standard InChI is InChI=1S/C10H16N4O/c11-4-1-5-13-10(15)6-9-3-2-8(12)7-14-9/h2-3,7H,1,4-6,11-12H2,(H,13,15). The molecule has 0 atom stereocenters. The summed E-state index contributed by atoms with van der Waals surface area (Å²) in [5.41, 5.74) is 12.1. The number of anilines is 1. The number of carbonyl (C=O) groups excluding carboxylic acids is 1. The van der Waals surface area contributed by atoms with Gasteiger partial charge in [-0.15, -0.1) is 0 Å². The monoisotopic (exact) mass is 208 g/mol. The van der Waals surface area contributed by atoms with Crippen molar-refractivity contribution in [2.75, 3.05) is 18.8 Å². The van der Waals surface area contributed by atoms with Gasteiger partial charge in [-0.05, 0) is 25.1 Å². The van der Waals surface area contributed by atoms with Crippen molar-refractivity contribution in [2.24, 2.45) is 5.73 Å². The van der Waals surface area contributed by atoms with E-state index in [4.69, 9.17) is 11.5 Å². The van der Waals surface area contributed by atoms with Gasteiger partial charge in [0.25, 0.3) is 0 Å². The molecule has 0 fully saturated rings. The summed E-state index contributed by atoms with van der Waals surface area (Å²) < 4.78 is 0. The molecule has 0 aromatic carbocycles. The van der Waals surface area contributed by atoms with Crippen molar-refractivity contribution >= 4 is 11.6 Å². The lowest BCUT2D eigenvalue weighted by molar-refractivity contribution is -0.120. The lowest BCUT2D eigenvalue weighted by Crippen LogP contribution is -2.27. The second kappa shape index (κ2) is 5.98. The van der Waals surface area contributed by atoms with E-state index in [0.29, 0.717) is 18.8 Å². The zero-order valence-corrected chi connectivity index (χ0v) is 8.57. The van der Waals surface area contributed by atoms with Crippen LogP contribution in [0, 0.1) is 0 Å². The van der Waals surface area contributed by atoms with E-state index in [-0.39, 0.29) is 12.3 Å². The Morgan fingerprint density at radius 1 is 1.47 bits per heavy atom. The third kappa shape index (κ3) is 4.42. The maximum absolute atomic E-state index is 11.3. The molecule has 0 saturated heterocycles. The molecule has 1 rings (SSSR count). The third-order valence-electron chi connectivity index (χ3n) is 1.89. The topological polar surface area (TPSA) is 94.0 Å². The zero-order chi connectivity index (χ0) is 11.1. The Labute approximate surface area is 88.9 Å². The molecule has 15 heavy (non-hydrogen) atoms. The number of nitrogens with one attached hydrogen (secondary N) is 1. The van der Waals surface area contributed by atoms with Crippen LogP contribution in [0.1, 0.15) is 12.1 Å². The van der Waals surface area contributed by atoms with E-state index in [9.17, 15) is 4.79 Å². The van der Waals surface area contributed by atoms with Crippen LogP contribution in [0.3, 0.4) is 0 Å². The number of amides is 1. The first-order chi connectivity index (χ1) is 7.22. The fraction of sp³-hybridized carbons (Fsp3) is 0.400. The Hall–Kier alpha value is -1.62. The number of nitrogens with zero attached hydrogens (tertiary/aromatic N) is 1. The molecule has 0 bridgehead atoms. The molecule has 0 aliphatic carbocycles. The first-order valence-corrected chi connectivity index (χ1v) is 4.89. The highest BCUT2D eigenvalue weighted by molar-refractivity contribution is 5.78. The van der Waals surface area contributed by atoms with Crippen molar-refractivity contribution in [3.8, 4) is 0 Å². The van der Waals surface area contributed by atoms with Gasteiger partial charge in [0.05, 0.1) is 18.3 Å². The molecule has 1 heterocycles. The van der Waals surface area contributed by atoms with Crippen LogP contribution >= 0.6 is 0 Å². The van der Waals surface area contributed by atoms with Crippen LogP contribution in [0.5, 0.6) is 0 Å². The van der Waals surface area contributed by atoms with Gasteiger partial charge in [0.1, 0.15) is 0 Å². The number of hydrogen-bond donors (Lipinski definition) is 3. The van der Waals surface area contributed by atoms with Gasteiger partial charge in [0.15, 0.2) is 0 Å². The Bertz CT molecular complexity index is 310. The maximum Gasteiger partial charge on any atom is 0.226 e. The quantitative estimate of drug-likeness (QED) is 0.577. The van der Waals surface area contributed by atoms with Gasteiger partial charge < -0.3 is 16.8 Å². The van der Waals surface area contributed by atoms with Crippen molar-refractivity contribution < 1.29 is 4.79 Å². The van der Waals surface area contributed by atoms with Crippen molar-refractivity contribution in [1.29, 1.82) is 0 Å².